The van der Waals surface area contributed by atoms with Gasteiger partial charge in [0.25, 0.3) is 0 Å². The van der Waals surface area contributed by atoms with Crippen LogP contribution in [0.2, 0.25) is 5.02 Å². The van der Waals surface area contributed by atoms with Crippen molar-refractivity contribution in [3.63, 3.8) is 0 Å². The van der Waals surface area contributed by atoms with E-state index in [0.717, 1.165) is 19.3 Å². The smallest absolute Gasteiger partial charge is 0.207 e. The van der Waals surface area contributed by atoms with E-state index in [-0.39, 0.29) is 0 Å². The van der Waals surface area contributed by atoms with Crippen LogP contribution in [0.15, 0.2) is 27.6 Å². The third-order valence-corrected chi connectivity index (χ3v) is 5.95. The molecular weight excluding hydrogens is 326 g/mol. The van der Waals surface area contributed by atoms with E-state index in [1.807, 2.05) is 0 Å². The summed E-state index contributed by atoms with van der Waals surface area (Å²) in [5.74, 6) is 0. The Bertz CT molecular complexity index is 512. The maximum absolute atomic E-state index is 12.3. The first kappa shape index (κ1) is 13.3. The zero-order chi connectivity index (χ0) is 12.5. The van der Waals surface area contributed by atoms with E-state index < -0.39 is 10.0 Å². The average molecular weight is 339 g/mol. The highest BCUT2D eigenvalue weighted by Gasteiger charge is 2.26. The Hall–Kier alpha value is -0.100. The molecule has 0 atom stereocenters. The molecule has 17 heavy (non-hydrogen) atoms. The molecule has 0 N–H and O–H groups in total. The fourth-order valence-corrected chi connectivity index (χ4v) is 4.08. The molecule has 0 aromatic heterocycles. The second-order valence-corrected chi connectivity index (χ2v) is 7.24. The summed E-state index contributed by atoms with van der Waals surface area (Å²) in [5.41, 5.74) is 0. The fourth-order valence-electron chi connectivity index (χ4n) is 1.89. The molecule has 1 aromatic carbocycles. The Morgan fingerprint density at radius 2 is 1.82 bits per heavy atom. The molecule has 1 aliphatic heterocycles. The zero-order valence-corrected chi connectivity index (χ0v) is 12.4. The van der Waals surface area contributed by atoms with Gasteiger partial charge in [0.1, 0.15) is 0 Å². The van der Waals surface area contributed by atoms with Gasteiger partial charge in [-0.05, 0) is 47.0 Å². The molecule has 0 radical (unpaired) electrons. The van der Waals surface area contributed by atoms with E-state index in [1.165, 1.54) is 0 Å². The predicted octanol–water partition coefficient (Wildman–Crippen LogP) is 3.28. The molecule has 0 bridgehead atoms. The van der Waals surface area contributed by atoms with E-state index in [0.29, 0.717) is 27.5 Å². The highest BCUT2D eigenvalue weighted by molar-refractivity contribution is 9.10. The Kier molecular flexibility index (Phi) is 4.13. The van der Waals surface area contributed by atoms with Crippen molar-refractivity contribution in [1.82, 2.24) is 4.31 Å². The van der Waals surface area contributed by atoms with Crippen molar-refractivity contribution in [3.8, 4) is 0 Å². The minimum Gasteiger partial charge on any atom is -0.207 e. The lowest BCUT2D eigenvalue weighted by Gasteiger charge is -2.25. The van der Waals surface area contributed by atoms with Crippen molar-refractivity contribution in [1.29, 1.82) is 0 Å². The largest absolute Gasteiger partial charge is 0.243 e. The number of halogens is 2. The van der Waals surface area contributed by atoms with Gasteiger partial charge < -0.3 is 0 Å². The number of sulfonamides is 1. The van der Waals surface area contributed by atoms with Gasteiger partial charge in [0.05, 0.1) is 9.92 Å². The number of rotatable bonds is 2. The van der Waals surface area contributed by atoms with Crippen LogP contribution in [0.4, 0.5) is 0 Å². The maximum atomic E-state index is 12.3. The van der Waals surface area contributed by atoms with Gasteiger partial charge in [-0.25, -0.2) is 8.42 Å². The molecule has 2 rings (SSSR count). The van der Waals surface area contributed by atoms with Gasteiger partial charge in [-0.1, -0.05) is 18.0 Å². The Morgan fingerprint density at radius 3 is 2.41 bits per heavy atom. The van der Waals surface area contributed by atoms with E-state index >= 15 is 0 Å². The molecule has 6 heteroatoms. The lowest BCUT2D eigenvalue weighted by Crippen LogP contribution is -2.35. The average Bonchev–Trinajstić information content (AvgIpc) is 2.33. The summed E-state index contributed by atoms with van der Waals surface area (Å²) >= 11 is 9.11. The third-order valence-electron chi connectivity index (χ3n) is 2.84. The predicted molar refractivity (Wildman–Crippen MR) is 71.8 cm³/mol. The highest BCUT2D eigenvalue weighted by atomic mass is 79.9. The first-order valence-corrected chi connectivity index (χ1v) is 8.08. The van der Waals surface area contributed by atoms with E-state index in [9.17, 15) is 8.42 Å². The van der Waals surface area contributed by atoms with Crippen molar-refractivity contribution < 1.29 is 8.42 Å². The molecular formula is C11H13BrClNO2S. The summed E-state index contributed by atoms with van der Waals surface area (Å²) in [7, 11) is -3.36. The molecule has 1 heterocycles. The second-order valence-electron chi connectivity index (χ2n) is 4.04. The molecule has 1 saturated heterocycles. The van der Waals surface area contributed by atoms with E-state index in [1.54, 1.807) is 22.5 Å². The highest BCUT2D eigenvalue weighted by Crippen LogP contribution is 2.27. The molecule has 0 unspecified atom stereocenters. The first-order valence-electron chi connectivity index (χ1n) is 5.47. The number of nitrogens with zero attached hydrogens (tertiary/aromatic N) is 1. The Labute approximate surface area is 115 Å². The maximum Gasteiger partial charge on any atom is 0.243 e. The van der Waals surface area contributed by atoms with Gasteiger partial charge >= 0.3 is 0 Å². The molecule has 1 aromatic rings. The summed E-state index contributed by atoms with van der Waals surface area (Å²) in [6.45, 7) is 1.23. The standard InChI is InChI=1S/C11H13BrClNO2S/c12-10-8-9(4-5-11(10)13)17(15,16)14-6-2-1-3-7-14/h4-5,8H,1-3,6-7H2. The van der Waals surface area contributed by atoms with E-state index in [2.05, 4.69) is 15.9 Å². The normalized spacial score (nSPS) is 18.2. The van der Waals surface area contributed by atoms with Gasteiger partial charge in [-0.3, -0.25) is 0 Å². The van der Waals surface area contributed by atoms with Crippen LogP contribution < -0.4 is 0 Å². The SMILES string of the molecule is O=S(=O)(c1ccc(Cl)c(Br)c1)N1CCCCC1. The summed E-state index contributed by atoms with van der Waals surface area (Å²) in [6.07, 6.45) is 2.98. The molecule has 1 fully saturated rings. The van der Waals surface area contributed by atoms with Crippen molar-refractivity contribution in [2.75, 3.05) is 13.1 Å². The van der Waals surface area contributed by atoms with Crippen LogP contribution in [0.3, 0.4) is 0 Å². The van der Waals surface area contributed by atoms with Crippen LogP contribution in [-0.4, -0.2) is 25.8 Å². The lowest BCUT2D eigenvalue weighted by atomic mass is 10.2. The van der Waals surface area contributed by atoms with Crippen LogP contribution in [0.25, 0.3) is 0 Å². The van der Waals surface area contributed by atoms with Gasteiger partial charge in [0.2, 0.25) is 10.0 Å². The Morgan fingerprint density at radius 1 is 1.18 bits per heavy atom. The quantitative estimate of drug-likeness (QED) is 0.830. The minimum atomic E-state index is -3.36. The Balaban J connectivity index is 2.33. The van der Waals surface area contributed by atoms with Gasteiger partial charge in [-0.15, -0.1) is 0 Å². The van der Waals surface area contributed by atoms with Crippen molar-refractivity contribution in [2.45, 2.75) is 24.2 Å². The van der Waals surface area contributed by atoms with E-state index in [4.69, 9.17) is 11.6 Å². The van der Waals surface area contributed by atoms with Crippen LogP contribution in [0.5, 0.6) is 0 Å². The number of hydrogen-bond donors (Lipinski definition) is 0. The first-order chi connectivity index (χ1) is 8.01. The van der Waals surface area contributed by atoms with Crippen LogP contribution in [-0.2, 0) is 10.0 Å². The summed E-state index contributed by atoms with van der Waals surface area (Å²) in [6, 6.07) is 4.71. The van der Waals surface area contributed by atoms with Crippen LogP contribution in [0.1, 0.15) is 19.3 Å². The fraction of sp³-hybridized carbons (Fsp3) is 0.455. The van der Waals surface area contributed by atoms with Gasteiger partial charge in [-0.2, -0.15) is 4.31 Å². The second kappa shape index (κ2) is 5.26. The lowest BCUT2D eigenvalue weighted by molar-refractivity contribution is 0.346. The molecule has 0 amide bonds. The van der Waals surface area contributed by atoms with Crippen LogP contribution >= 0.6 is 27.5 Å². The zero-order valence-electron chi connectivity index (χ0n) is 9.20. The molecule has 1 aliphatic rings. The molecule has 94 valence electrons. The summed E-state index contributed by atoms with van der Waals surface area (Å²) < 4.78 is 26.8. The van der Waals surface area contributed by atoms with Gasteiger partial charge in [0, 0.05) is 17.6 Å². The van der Waals surface area contributed by atoms with Crippen molar-refractivity contribution in [2.24, 2.45) is 0 Å². The number of benzene rings is 1. The number of piperidine rings is 1. The minimum absolute atomic E-state index is 0.302. The molecule has 0 aliphatic carbocycles. The third kappa shape index (κ3) is 2.84. The number of hydrogen-bond acceptors (Lipinski definition) is 2. The van der Waals surface area contributed by atoms with Crippen molar-refractivity contribution >= 4 is 37.6 Å². The van der Waals surface area contributed by atoms with Gasteiger partial charge in [0.15, 0.2) is 0 Å². The summed E-state index contributed by atoms with van der Waals surface area (Å²) in [5, 5.41) is 0.516. The van der Waals surface area contributed by atoms with Crippen molar-refractivity contribution in [3.05, 3.63) is 27.7 Å². The van der Waals surface area contributed by atoms with Crippen LogP contribution in [0, 0.1) is 0 Å². The summed E-state index contributed by atoms with van der Waals surface area (Å²) in [4.78, 5) is 0.302. The molecule has 3 nitrogen and oxygen atoms in total. The monoisotopic (exact) mass is 337 g/mol. The molecule has 0 spiro atoms. The molecule has 0 saturated carbocycles. The topological polar surface area (TPSA) is 37.4 Å².